The molecule has 2 aliphatic rings. The first kappa shape index (κ1) is 11.3. The molecule has 3 unspecified atom stereocenters. The summed E-state index contributed by atoms with van der Waals surface area (Å²) < 4.78 is 0. The highest BCUT2D eigenvalue weighted by Crippen LogP contribution is 2.27. The van der Waals surface area contributed by atoms with E-state index in [2.05, 4.69) is 10.2 Å². The van der Waals surface area contributed by atoms with Crippen molar-refractivity contribution in [2.45, 2.75) is 18.6 Å². The van der Waals surface area contributed by atoms with Crippen LogP contribution in [-0.4, -0.2) is 48.5 Å². The molecule has 2 fully saturated rings. The molecule has 1 amide bonds. The third-order valence-corrected chi connectivity index (χ3v) is 4.63. The number of nitrogens with zero attached hydrogens (tertiary/aromatic N) is 1. The van der Waals surface area contributed by atoms with Crippen LogP contribution >= 0.6 is 11.8 Å². The molecule has 0 aliphatic carbocycles. The molecule has 0 aromatic heterocycles. The Balaban J connectivity index is 1.92. The van der Waals surface area contributed by atoms with Crippen molar-refractivity contribution < 1.29 is 4.79 Å². The third kappa shape index (κ3) is 2.31. The Morgan fingerprint density at radius 1 is 1.47 bits per heavy atom. The molecule has 0 aromatic rings. The molecule has 0 bridgehead atoms. The van der Waals surface area contributed by atoms with Gasteiger partial charge in [-0.3, -0.25) is 4.79 Å². The lowest BCUT2D eigenvalue weighted by Crippen LogP contribution is -2.46. The minimum Gasteiger partial charge on any atom is -0.341 e. The first-order chi connectivity index (χ1) is 7.22. The summed E-state index contributed by atoms with van der Waals surface area (Å²) in [6, 6.07) is 0. The Bertz CT molecular complexity index is 247. The van der Waals surface area contributed by atoms with Crippen LogP contribution in [0.2, 0.25) is 0 Å². The van der Waals surface area contributed by atoms with Crippen LogP contribution in [0.1, 0.15) is 13.3 Å². The zero-order chi connectivity index (χ0) is 10.8. The van der Waals surface area contributed by atoms with Gasteiger partial charge in [0.05, 0.1) is 5.25 Å². The van der Waals surface area contributed by atoms with Gasteiger partial charge in [-0.05, 0) is 44.5 Å². The van der Waals surface area contributed by atoms with E-state index < -0.39 is 0 Å². The van der Waals surface area contributed by atoms with Crippen LogP contribution in [-0.2, 0) is 4.79 Å². The molecule has 0 saturated carbocycles. The van der Waals surface area contributed by atoms with Crippen LogP contribution in [0, 0.1) is 11.8 Å². The van der Waals surface area contributed by atoms with Gasteiger partial charge in [0.15, 0.2) is 0 Å². The lowest BCUT2D eigenvalue weighted by Gasteiger charge is -2.35. The van der Waals surface area contributed by atoms with Gasteiger partial charge in [0.1, 0.15) is 0 Å². The molecular weight excluding hydrogens is 208 g/mol. The summed E-state index contributed by atoms with van der Waals surface area (Å²) in [7, 11) is 0. The highest BCUT2D eigenvalue weighted by molar-refractivity contribution is 7.99. The Morgan fingerprint density at radius 2 is 2.20 bits per heavy atom. The van der Waals surface area contributed by atoms with Gasteiger partial charge in [0.25, 0.3) is 0 Å². The van der Waals surface area contributed by atoms with E-state index in [0.29, 0.717) is 11.8 Å². The Labute approximate surface area is 96.0 Å². The zero-order valence-corrected chi connectivity index (χ0v) is 10.3. The predicted molar refractivity (Wildman–Crippen MR) is 64.0 cm³/mol. The van der Waals surface area contributed by atoms with E-state index in [4.69, 9.17) is 0 Å². The van der Waals surface area contributed by atoms with E-state index in [1.54, 1.807) is 11.8 Å². The standard InChI is InChI=1S/C11H20N2OS/c1-8(15-2)11(14)13-4-3-9-5-12-6-10(9)7-13/h8-10,12H,3-7H2,1-2H3. The number of fused-ring (bicyclic) bond motifs is 1. The SMILES string of the molecule is CSC(C)C(=O)N1CCC2CNCC2C1. The lowest BCUT2D eigenvalue weighted by atomic mass is 9.88. The first-order valence-electron chi connectivity index (χ1n) is 5.74. The molecule has 0 spiro atoms. The predicted octanol–water partition coefficient (Wildman–Crippen LogP) is 0.806. The number of likely N-dealkylation sites (tertiary alicyclic amines) is 1. The normalized spacial score (nSPS) is 32.5. The molecule has 3 atom stereocenters. The van der Waals surface area contributed by atoms with Crippen molar-refractivity contribution in [3.05, 3.63) is 0 Å². The average molecular weight is 228 g/mol. The van der Waals surface area contributed by atoms with Crippen LogP contribution in [0.15, 0.2) is 0 Å². The number of hydrogen-bond donors (Lipinski definition) is 1. The van der Waals surface area contributed by atoms with Gasteiger partial charge < -0.3 is 10.2 Å². The quantitative estimate of drug-likeness (QED) is 0.759. The number of carbonyl (C=O) groups is 1. The van der Waals surface area contributed by atoms with Crippen LogP contribution < -0.4 is 5.32 Å². The number of carbonyl (C=O) groups excluding carboxylic acids is 1. The van der Waals surface area contributed by atoms with Gasteiger partial charge in [-0.25, -0.2) is 0 Å². The smallest absolute Gasteiger partial charge is 0.235 e. The van der Waals surface area contributed by atoms with Crippen molar-refractivity contribution >= 4 is 17.7 Å². The molecule has 0 radical (unpaired) electrons. The number of nitrogens with one attached hydrogen (secondary N) is 1. The summed E-state index contributed by atoms with van der Waals surface area (Å²) in [5.41, 5.74) is 0. The van der Waals surface area contributed by atoms with Gasteiger partial charge in [-0.1, -0.05) is 0 Å². The highest BCUT2D eigenvalue weighted by atomic mass is 32.2. The van der Waals surface area contributed by atoms with E-state index in [1.807, 2.05) is 13.2 Å². The molecule has 3 nitrogen and oxygen atoms in total. The highest BCUT2D eigenvalue weighted by Gasteiger charge is 2.35. The number of amides is 1. The fraction of sp³-hybridized carbons (Fsp3) is 0.909. The van der Waals surface area contributed by atoms with Crippen LogP contribution in [0.4, 0.5) is 0 Å². The van der Waals surface area contributed by atoms with Crippen molar-refractivity contribution in [1.29, 1.82) is 0 Å². The summed E-state index contributed by atoms with van der Waals surface area (Å²) in [6.45, 7) is 6.20. The molecule has 4 heteroatoms. The van der Waals surface area contributed by atoms with Gasteiger partial charge in [-0.2, -0.15) is 11.8 Å². The van der Waals surface area contributed by atoms with E-state index in [-0.39, 0.29) is 5.25 Å². The van der Waals surface area contributed by atoms with E-state index in [9.17, 15) is 4.79 Å². The van der Waals surface area contributed by atoms with Crippen LogP contribution in [0.25, 0.3) is 0 Å². The number of thioether (sulfide) groups is 1. The van der Waals surface area contributed by atoms with E-state index in [0.717, 1.165) is 32.1 Å². The molecule has 1 N–H and O–H groups in total. The van der Waals surface area contributed by atoms with Gasteiger partial charge in [0, 0.05) is 13.1 Å². The Kier molecular flexibility index (Phi) is 3.57. The second-order valence-electron chi connectivity index (χ2n) is 4.63. The van der Waals surface area contributed by atoms with Crippen molar-refractivity contribution in [3.63, 3.8) is 0 Å². The summed E-state index contributed by atoms with van der Waals surface area (Å²) in [6.07, 6.45) is 3.19. The fourth-order valence-corrected chi connectivity index (χ4v) is 2.94. The van der Waals surface area contributed by atoms with Crippen LogP contribution in [0.5, 0.6) is 0 Å². The Morgan fingerprint density at radius 3 is 2.93 bits per heavy atom. The van der Waals surface area contributed by atoms with Gasteiger partial charge >= 0.3 is 0 Å². The first-order valence-corrected chi connectivity index (χ1v) is 7.03. The topological polar surface area (TPSA) is 32.3 Å². The second-order valence-corrected chi connectivity index (χ2v) is 5.81. The number of piperidine rings is 1. The molecule has 2 heterocycles. The minimum absolute atomic E-state index is 0.121. The number of hydrogen-bond acceptors (Lipinski definition) is 3. The molecule has 15 heavy (non-hydrogen) atoms. The molecule has 86 valence electrons. The molecule has 0 aromatic carbocycles. The van der Waals surface area contributed by atoms with E-state index >= 15 is 0 Å². The van der Waals surface area contributed by atoms with Crippen molar-refractivity contribution in [1.82, 2.24) is 10.2 Å². The average Bonchev–Trinajstić information content (AvgIpc) is 2.73. The summed E-state index contributed by atoms with van der Waals surface area (Å²) >= 11 is 1.64. The molecule has 2 rings (SSSR count). The summed E-state index contributed by atoms with van der Waals surface area (Å²) in [4.78, 5) is 14.1. The number of rotatable bonds is 2. The minimum atomic E-state index is 0.121. The maximum Gasteiger partial charge on any atom is 0.235 e. The maximum absolute atomic E-state index is 12.0. The summed E-state index contributed by atoms with van der Waals surface area (Å²) in [5, 5.41) is 3.54. The molecule has 2 saturated heterocycles. The zero-order valence-electron chi connectivity index (χ0n) is 9.53. The van der Waals surface area contributed by atoms with Crippen molar-refractivity contribution in [2.24, 2.45) is 11.8 Å². The third-order valence-electron chi connectivity index (χ3n) is 3.72. The van der Waals surface area contributed by atoms with E-state index in [1.165, 1.54) is 6.42 Å². The molecule has 2 aliphatic heterocycles. The van der Waals surface area contributed by atoms with Crippen molar-refractivity contribution in [2.75, 3.05) is 32.4 Å². The Hall–Kier alpha value is -0.220. The van der Waals surface area contributed by atoms with Crippen molar-refractivity contribution in [3.8, 4) is 0 Å². The second kappa shape index (κ2) is 4.74. The maximum atomic E-state index is 12.0. The monoisotopic (exact) mass is 228 g/mol. The lowest BCUT2D eigenvalue weighted by molar-refractivity contribution is -0.132. The molecular formula is C11H20N2OS. The fourth-order valence-electron chi connectivity index (χ4n) is 2.59. The van der Waals surface area contributed by atoms with Crippen LogP contribution in [0.3, 0.4) is 0 Å². The summed E-state index contributed by atoms with van der Waals surface area (Å²) in [5.74, 6) is 1.85. The van der Waals surface area contributed by atoms with Gasteiger partial charge in [0.2, 0.25) is 5.91 Å². The van der Waals surface area contributed by atoms with Gasteiger partial charge in [-0.15, -0.1) is 0 Å². The largest absolute Gasteiger partial charge is 0.341 e.